The van der Waals surface area contributed by atoms with E-state index in [0.717, 1.165) is 36.7 Å². The van der Waals surface area contributed by atoms with Crippen molar-refractivity contribution >= 4 is 11.4 Å². The molecule has 0 fully saturated rings. The molecular formula is C17H18N2O2. The van der Waals surface area contributed by atoms with E-state index >= 15 is 0 Å². The van der Waals surface area contributed by atoms with E-state index in [1.807, 2.05) is 12.1 Å². The van der Waals surface area contributed by atoms with Gasteiger partial charge < -0.3 is 20.1 Å². The van der Waals surface area contributed by atoms with Gasteiger partial charge in [0.2, 0.25) is 6.79 Å². The molecular weight excluding hydrogens is 264 g/mol. The first kappa shape index (κ1) is 12.4. The van der Waals surface area contributed by atoms with Crippen molar-refractivity contribution in [2.75, 3.05) is 24.0 Å². The van der Waals surface area contributed by atoms with E-state index in [4.69, 9.17) is 15.2 Å². The molecule has 0 saturated heterocycles. The minimum absolute atomic E-state index is 0.324. The summed E-state index contributed by atoms with van der Waals surface area (Å²) in [7, 11) is 0. The molecule has 4 rings (SSSR count). The minimum atomic E-state index is 0.324. The van der Waals surface area contributed by atoms with Crippen LogP contribution in [0.1, 0.15) is 17.5 Å². The topological polar surface area (TPSA) is 47.7 Å². The van der Waals surface area contributed by atoms with Crippen molar-refractivity contribution in [3.05, 3.63) is 47.5 Å². The summed E-state index contributed by atoms with van der Waals surface area (Å²) in [4.78, 5) is 2.41. The number of benzene rings is 2. The van der Waals surface area contributed by atoms with Crippen LogP contribution in [-0.2, 0) is 13.0 Å². The van der Waals surface area contributed by atoms with Gasteiger partial charge in [0.1, 0.15) is 0 Å². The van der Waals surface area contributed by atoms with Crippen molar-refractivity contribution in [3.8, 4) is 11.5 Å². The maximum absolute atomic E-state index is 5.89. The van der Waals surface area contributed by atoms with Crippen LogP contribution in [0.25, 0.3) is 0 Å². The van der Waals surface area contributed by atoms with Gasteiger partial charge >= 0.3 is 0 Å². The van der Waals surface area contributed by atoms with Crippen LogP contribution < -0.4 is 20.1 Å². The lowest BCUT2D eigenvalue weighted by molar-refractivity contribution is 0.174. The molecule has 0 atom stereocenters. The normalized spacial score (nSPS) is 15.9. The van der Waals surface area contributed by atoms with Crippen LogP contribution in [0.2, 0.25) is 0 Å². The number of rotatable bonds is 2. The Kier molecular flexibility index (Phi) is 2.88. The molecule has 2 N–H and O–H groups in total. The van der Waals surface area contributed by atoms with E-state index in [-0.39, 0.29) is 0 Å². The molecule has 2 aromatic carbocycles. The SMILES string of the molecule is Nc1ccc2c(c1)CCCN2Cc1ccc2c(c1)OCO2. The molecule has 2 aromatic rings. The summed E-state index contributed by atoms with van der Waals surface area (Å²) in [5.74, 6) is 1.69. The summed E-state index contributed by atoms with van der Waals surface area (Å²) < 4.78 is 10.8. The van der Waals surface area contributed by atoms with E-state index in [1.54, 1.807) is 0 Å². The number of aryl methyl sites for hydroxylation is 1. The van der Waals surface area contributed by atoms with Gasteiger partial charge in [0, 0.05) is 24.5 Å². The molecule has 2 aliphatic rings. The lowest BCUT2D eigenvalue weighted by Crippen LogP contribution is -2.28. The van der Waals surface area contributed by atoms with Gasteiger partial charge in [-0.1, -0.05) is 6.07 Å². The molecule has 4 nitrogen and oxygen atoms in total. The Labute approximate surface area is 124 Å². The number of hydrogen-bond donors (Lipinski definition) is 1. The van der Waals surface area contributed by atoms with E-state index in [9.17, 15) is 0 Å². The fraction of sp³-hybridized carbons (Fsp3) is 0.294. The molecule has 0 unspecified atom stereocenters. The minimum Gasteiger partial charge on any atom is -0.454 e. The summed E-state index contributed by atoms with van der Waals surface area (Å²) in [5, 5.41) is 0. The average Bonchev–Trinajstić information content (AvgIpc) is 2.95. The number of anilines is 2. The smallest absolute Gasteiger partial charge is 0.231 e. The number of nitrogens with two attached hydrogens (primary N) is 1. The van der Waals surface area contributed by atoms with Crippen LogP contribution >= 0.6 is 0 Å². The summed E-state index contributed by atoms with van der Waals surface area (Å²) >= 11 is 0. The van der Waals surface area contributed by atoms with Crippen LogP contribution in [0.3, 0.4) is 0 Å². The molecule has 0 radical (unpaired) electrons. The zero-order valence-corrected chi connectivity index (χ0v) is 11.8. The fourth-order valence-corrected chi connectivity index (χ4v) is 3.12. The fourth-order valence-electron chi connectivity index (χ4n) is 3.12. The van der Waals surface area contributed by atoms with Gasteiger partial charge in [0.25, 0.3) is 0 Å². The van der Waals surface area contributed by atoms with Crippen molar-refractivity contribution < 1.29 is 9.47 Å². The van der Waals surface area contributed by atoms with Crippen molar-refractivity contribution in [1.82, 2.24) is 0 Å². The second-order valence-electron chi connectivity index (χ2n) is 5.60. The van der Waals surface area contributed by atoms with E-state index < -0.39 is 0 Å². The highest BCUT2D eigenvalue weighted by Gasteiger charge is 2.19. The highest BCUT2D eigenvalue weighted by Crippen LogP contribution is 2.34. The molecule has 0 aromatic heterocycles. The van der Waals surface area contributed by atoms with Crippen LogP contribution in [0.4, 0.5) is 11.4 Å². The third-order valence-electron chi connectivity index (χ3n) is 4.13. The molecule has 2 heterocycles. The quantitative estimate of drug-likeness (QED) is 0.860. The summed E-state index contributed by atoms with van der Waals surface area (Å²) in [6.07, 6.45) is 2.28. The van der Waals surface area contributed by atoms with Gasteiger partial charge in [0.05, 0.1) is 0 Å². The van der Waals surface area contributed by atoms with Gasteiger partial charge in [0.15, 0.2) is 11.5 Å². The Morgan fingerprint density at radius 3 is 2.90 bits per heavy atom. The molecule has 0 aliphatic carbocycles. The summed E-state index contributed by atoms with van der Waals surface area (Å²) in [5.41, 5.74) is 10.6. The van der Waals surface area contributed by atoms with Crippen LogP contribution in [0.5, 0.6) is 11.5 Å². The molecule has 0 spiro atoms. The van der Waals surface area contributed by atoms with Crippen LogP contribution in [0.15, 0.2) is 36.4 Å². The van der Waals surface area contributed by atoms with Gasteiger partial charge in [-0.25, -0.2) is 0 Å². The van der Waals surface area contributed by atoms with E-state index in [1.165, 1.54) is 23.2 Å². The first-order valence-electron chi connectivity index (χ1n) is 7.31. The Balaban J connectivity index is 1.61. The Bertz CT molecular complexity index is 684. The van der Waals surface area contributed by atoms with Crippen molar-refractivity contribution in [3.63, 3.8) is 0 Å². The van der Waals surface area contributed by atoms with Gasteiger partial charge in [-0.3, -0.25) is 0 Å². The third kappa shape index (κ3) is 2.27. The third-order valence-corrected chi connectivity index (χ3v) is 4.13. The molecule has 0 bridgehead atoms. The first-order valence-corrected chi connectivity index (χ1v) is 7.31. The zero-order valence-electron chi connectivity index (χ0n) is 11.8. The molecule has 0 saturated carbocycles. The number of hydrogen-bond acceptors (Lipinski definition) is 4. The zero-order chi connectivity index (χ0) is 14.2. The second kappa shape index (κ2) is 4.88. The molecule has 2 aliphatic heterocycles. The van der Waals surface area contributed by atoms with Crippen LogP contribution in [0, 0.1) is 0 Å². The number of nitrogen functional groups attached to an aromatic ring is 1. The highest BCUT2D eigenvalue weighted by molar-refractivity contribution is 5.61. The van der Waals surface area contributed by atoms with Crippen molar-refractivity contribution in [2.45, 2.75) is 19.4 Å². The lowest BCUT2D eigenvalue weighted by Gasteiger charge is -2.31. The predicted molar refractivity (Wildman–Crippen MR) is 82.8 cm³/mol. The van der Waals surface area contributed by atoms with Gasteiger partial charge in [-0.05, 0) is 54.3 Å². The Hall–Kier alpha value is -2.36. The predicted octanol–water partition coefficient (Wildman–Crippen LogP) is 2.95. The molecule has 4 heteroatoms. The Morgan fingerprint density at radius 2 is 1.95 bits per heavy atom. The maximum Gasteiger partial charge on any atom is 0.231 e. The monoisotopic (exact) mass is 282 g/mol. The lowest BCUT2D eigenvalue weighted by atomic mass is 10.0. The first-order chi connectivity index (χ1) is 10.3. The van der Waals surface area contributed by atoms with E-state index in [2.05, 4.69) is 29.2 Å². The second-order valence-corrected chi connectivity index (χ2v) is 5.60. The number of fused-ring (bicyclic) bond motifs is 2. The Morgan fingerprint density at radius 1 is 1.05 bits per heavy atom. The number of nitrogens with zero attached hydrogens (tertiary/aromatic N) is 1. The standard InChI is InChI=1S/C17H18N2O2/c18-14-4-5-15-13(9-14)2-1-7-19(15)10-12-3-6-16-17(8-12)21-11-20-16/h3-6,8-9H,1-2,7,10-11,18H2. The highest BCUT2D eigenvalue weighted by atomic mass is 16.7. The van der Waals surface area contributed by atoms with Crippen LogP contribution in [-0.4, -0.2) is 13.3 Å². The summed E-state index contributed by atoms with van der Waals surface area (Å²) in [6, 6.07) is 12.4. The van der Waals surface area contributed by atoms with E-state index in [0.29, 0.717) is 6.79 Å². The number of ether oxygens (including phenoxy) is 2. The molecule has 0 amide bonds. The molecule has 108 valence electrons. The van der Waals surface area contributed by atoms with Gasteiger partial charge in [-0.15, -0.1) is 0 Å². The summed E-state index contributed by atoms with van der Waals surface area (Å²) in [6.45, 7) is 2.28. The van der Waals surface area contributed by atoms with Crippen molar-refractivity contribution in [1.29, 1.82) is 0 Å². The van der Waals surface area contributed by atoms with Gasteiger partial charge in [-0.2, -0.15) is 0 Å². The average molecular weight is 282 g/mol. The maximum atomic E-state index is 5.89. The largest absolute Gasteiger partial charge is 0.454 e. The molecule has 21 heavy (non-hydrogen) atoms. The van der Waals surface area contributed by atoms with Crippen molar-refractivity contribution in [2.24, 2.45) is 0 Å².